The Morgan fingerprint density at radius 1 is 1.18 bits per heavy atom. The number of nitrogens with zero attached hydrogens (tertiary/aromatic N) is 2. The number of aromatic nitrogens is 1. The quantitative estimate of drug-likeness (QED) is 0.223. The molecular weight excluding hydrogens is 612 g/mol. The average molecular weight is 638 g/mol. The van der Waals surface area contributed by atoms with Gasteiger partial charge in [-0.2, -0.15) is 0 Å². The first kappa shape index (κ1) is 27.9. The fourth-order valence-corrected chi connectivity index (χ4v) is 6.40. The summed E-state index contributed by atoms with van der Waals surface area (Å²) >= 11 is 6.18. The Bertz CT molecular complexity index is 1790. The van der Waals surface area contributed by atoms with Crippen molar-refractivity contribution >= 4 is 56.8 Å². The number of carbonyl (C=O) groups excluding carboxylic acids is 1. The standard InChI is InChI=1S/C30H25BrN2O5S2/c1-4-38-29(36)24-25(18-8-6-5-7-9-18)32-30-33(26(24)19-10-12-20(39-3)13-11-19)28(35)23(40-30)16-17-14-21(31)27(34)22(15-17)37-2/h5-16,26,34H,4H2,1-3H3/b23-16-/t26-/m0/s1. The minimum atomic E-state index is -0.746. The van der Waals surface area contributed by atoms with E-state index in [2.05, 4.69) is 15.9 Å². The molecule has 5 rings (SSSR count). The van der Waals surface area contributed by atoms with E-state index < -0.39 is 12.0 Å². The summed E-state index contributed by atoms with van der Waals surface area (Å²) in [6, 6.07) is 19.9. The van der Waals surface area contributed by atoms with E-state index in [0.717, 1.165) is 16.0 Å². The summed E-state index contributed by atoms with van der Waals surface area (Å²) in [4.78, 5) is 33.9. The van der Waals surface area contributed by atoms with Gasteiger partial charge in [0.05, 0.1) is 40.0 Å². The van der Waals surface area contributed by atoms with Gasteiger partial charge in [0, 0.05) is 10.5 Å². The van der Waals surface area contributed by atoms with Gasteiger partial charge in [-0.25, -0.2) is 9.79 Å². The Labute approximate surface area is 247 Å². The molecule has 0 radical (unpaired) electrons. The molecule has 0 spiro atoms. The second-order valence-corrected chi connectivity index (χ2v) is 11.5. The second-order valence-electron chi connectivity index (χ2n) is 8.76. The molecule has 0 fully saturated rings. The lowest BCUT2D eigenvalue weighted by atomic mass is 9.93. The molecule has 0 aliphatic carbocycles. The predicted molar refractivity (Wildman–Crippen MR) is 162 cm³/mol. The highest BCUT2D eigenvalue weighted by Crippen LogP contribution is 2.37. The molecule has 0 amide bonds. The summed E-state index contributed by atoms with van der Waals surface area (Å²) < 4.78 is 13.2. The molecule has 1 atom stereocenters. The minimum Gasteiger partial charge on any atom is -0.503 e. The summed E-state index contributed by atoms with van der Waals surface area (Å²) in [7, 11) is 1.46. The Morgan fingerprint density at radius 3 is 2.55 bits per heavy atom. The first-order chi connectivity index (χ1) is 19.4. The maximum Gasteiger partial charge on any atom is 0.338 e. The molecule has 1 N–H and O–H groups in total. The van der Waals surface area contributed by atoms with Crippen molar-refractivity contribution in [1.29, 1.82) is 0 Å². The number of fused-ring (bicyclic) bond motifs is 1. The van der Waals surface area contributed by atoms with Crippen LogP contribution >= 0.6 is 39.0 Å². The Hall–Kier alpha value is -3.60. The van der Waals surface area contributed by atoms with Crippen molar-refractivity contribution in [3.05, 3.63) is 113 Å². The van der Waals surface area contributed by atoms with Crippen molar-refractivity contribution in [2.75, 3.05) is 20.0 Å². The van der Waals surface area contributed by atoms with Crippen molar-refractivity contribution < 1.29 is 19.4 Å². The van der Waals surface area contributed by atoms with Crippen molar-refractivity contribution in [3.63, 3.8) is 0 Å². The van der Waals surface area contributed by atoms with E-state index in [1.165, 1.54) is 18.4 Å². The number of thioether (sulfide) groups is 1. The van der Waals surface area contributed by atoms with Gasteiger partial charge in [0.25, 0.3) is 5.56 Å². The van der Waals surface area contributed by atoms with Crippen LogP contribution in [-0.4, -0.2) is 35.6 Å². The topological polar surface area (TPSA) is 90.1 Å². The zero-order chi connectivity index (χ0) is 28.4. The van der Waals surface area contributed by atoms with Crippen LogP contribution in [0.2, 0.25) is 0 Å². The number of esters is 1. The van der Waals surface area contributed by atoms with Gasteiger partial charge in [-0.3, -0.25) is 9.36 Å². The number of carbonyl (C=O) groups is 1. The van der Waals surface area contributed by atoms with Crippen LogP contribution in [0.4, 0.5) is 0 Å². The number of hydrogen-bond acceptors (Lipinski definition) is 8. The van der Waals surface area contributed by atoms with E-state index in [-0.39, 0.29) is 23.7 Å². The summed E-state index contributed by atoms with van der Waals surface area (Å²) in [6.07, 6.45) is 3.72. The minimum absolute atomic E-state index is 0.0265. The number of phenols is 1. The molecule has 1 aromatic heterocycles. The number of methoxy groups -OCH3 is 1. The number of halogens is 1. The summed E-state index contributed by atoms with van der Waals surface area (Å²) in [5, 5.41) is 10.2. The fourth-order valence-electron chi connectivity index (χ4n) is 4.53. The molecule has 1 aliphatic heterocycles. The van der Waals surface area contributed by atoms with Crippen molar-refractivity contribution in [2.45, 2.75) is 17.9 Å². The van der Waals surface area contributed by atoms with E-state index in [0.29, 0.717) is 30.6 Å². The van der Waals surface area contributed by atoms with Crippen LogP contribution in [0.25, 0.3) is 11.8 Å². The van der Waals surface area contributed by atoms with Crippen LogP contribution < -0.4 is 19.6 Å². The lowest BCUT2D eigenvalue weighted by Crippen LogP contribution is -2.40. The van der Waals surface area contributed by atoms with Crippen LogP contribution in [0.1, 0.15) is 29.7 Å². The number of phenolic OH excluding ortho intramolecular Hbond substituents is 1. The molecule has 7 nitrogen and oxygen atoms in total. The van der Waals surface area contributed by atoms with Gasteiger partial charge in [-0.05, 0) is 70.6 Å². The first-order valence-corrected chi connectivity index (χ1v) is 15.2. The molecule has 40 heavy (non-hydrogen) atoms. The third kappa shape index (κ3) is 5.26. The van der Waals surface area contributed by atoms with Crippen LogP contribution in [0.15, 0.2) is 91.5 Å². The zero-order valence-corrected chi connectivity index (χ0v) is 25.1. The lowest BCUT2D eigenvalue weighted by Gasteiger charge is -2.26. The van der Waals surface area contributed by atoms with Gasteiger partial charge in [-0.1, -0.05) is 53.8 Å². The highest BCUT2D eigenvalue weighted by molar-refractivity contribution is 9.10. The number of aromatic hydroxyl groups is 1. The normalized spacial score (nSPS) is 15.0. The first-order valence-electron chi connectivity index (χ1n) is 12.3. The molecule has 0 saturated carbocycles. The Balaban J connectivity index is 1.81. The van der Waals surface area contributed by atoms with Crippen LogP contribution in [0.3, 0.4) is 0 Å². The summed E-state index contributed by atoms with van der Waals surface area (Å²) in [5.41, 5.74) is 2.66. The highest BCUT2D eigenvalue weighted by atomic mass is 79.9. The maximum absolute atomic E-state index is 14.0. The largest absolute Gasteiger partial charge is 0.503 e. The van der Waals surface area contributed by atoms with E-state index in [1.807, 2.05) is 60.9 Å². The van der Waals surface area contributed by atoms with Crippen molar-refractivity contribution in [1.82, 2.24) is 4.57 Å². The molecule has 2 heterocycles. The van der Waals surface area contributed by atoms with Gasteiger partial charge in [0.1, 0.15) is 0 Å². The van der Waals surface area contributed by atoms with E-state index in [4.69, 9.17) is 14.5 Å². The van der Waals surface area contributed by atoms with Crippen LogP contribution in [0, 0.1) is 0 Å². The van der Waals surface area contributed by atoms with Gasteiger partial charge in [-0.15, -0.1) is 11.8 Å². The van der Waals surface area contributed by atoms with E-state index >= 15 is 0 Å². The van der Waals surface area contributed by atoms with Gasteiger partial charge < -0.3 is 14.6 Å². The molecule has 10 heteroatoms. The number of hydrogen-bond donors (Lipinski definition) is 1. The third-order valence-electron chi connectivity index (χ3n) is 6.37. The van der Waals surface area contributed by atoms with Gasteiger partial charge in [0.15, 0.2) is 16.3 Å². The van der Waals surface area contributed by atoms with Crippen LogP contribution in [-0.2, 0) is 9.53 Å². The maximum atomic E-state index is 14.0. The van der Waals surface area contributed by atoms with Crippen LogP contribution in [0.5, 0.6) is 11.5 Å². The monoisotopic (exact) mass is 636 g/mol. The smallest absolute Gasteiger partial charge is 0.338 e. The predicted octanol–water partition coefficient (Wildman–Crippen LogP) is 5.13. The van der Waals surface area contributed by atoms with Crippen molar-refractivity contribution in [3.8, 4) is 11.5 Å². The number of rotatable bonds is 7. The SMILES string of the molecule is CCOC(=O)C1=C(c2ccccc2)N=c2s/c(=C\c3cc(Br)c(O)c(OC)c3)c(=O)n2[C@H]1c1ccc(SC)cc1. The summed E-state index contributed by atoms with van der Waals surface area (Å²) in [6.45, 7) is 1.94. The molecule has 3 aromatic carbocycles. The fraction of sp³-hybridized carbons (Fsp3) is 0.167. The molecule has 1 aliphatic rings. The van der Waals surface area contributed by atoms with Crippen molar-refractivity contribution in [2.24, 2.45) is 4.99 Å². The summed E-state index contributed by atoms with van der Waals surface area (Å²) in [5.74, 6) is -0.275. The molecular formula is C30H25BrN2O5S2. The van der Waals surface area contributed by atoms with Gasteiger partial charge >= 0.3 is 5.97 Å². The molecule has 204 valence electrons. The average Bonchev–Trinajstić information content (AvgIpc) is 3.28. The number of benzene rings is 3. The van der Waals surface area contributed by atoms with E-state index in [1.54, 1.807) is 41.5 Å². The zero-order valence-electron chi connectivity index (χ0n) is 21.9. The molecule has 4 aromatic rings. The lowest BCUT2D eigenvalue weighted by molar-refractivity contribution is -0.138. The Morgan fingerprint density at radius 2 is 1.90 bits per heavy atom. The van der Waals surface area contributed by atoms with Gasteiger partial charge in [0.2, 0.25) is 0 Å². The van der Waals surface area contributed by atoms with E-state index in [9.17, 15) is 14.7 Å². The second kappa shape index (κ2) is 11.9. The Kier molecular flexibility index (Phi) is 8.30. The number of ether oxygens (including phenoxy) is 2. The molecule has 0 saturated heterocycles. The number of thiazole rings is 1. The molecule has 0 unspecified atom stereocenters. The third-order valence-corrected chi connectivity index (χ3v) is 8.70. The highest BCUT2D eigenvalue weighted by Gasteiger charge is 2.35. The molecule has 0 bridgehead atoms.